The predicted molar refractivity (Wildman–Crippen MR) is 131 cm³/mol. The molecular formula is C27H27N3O4. The third-order valence-corrected chi connectivity index (χ3v) is 5.77. The van der Waals surface area contributed by atoms with Crippen molar-refractivity contribution in [2.75, 3.05) is 23.9 Å². The quantitative estimate of drug-likeness (QED) is 0.551. The zero-order chi connectivity index (χ0) is 23.9. The van der Waals surface area contributed by atoms with E-state index >= 15 is 0 Å². The van der Waals surface area contributed by atoms with Crippen molar-refractivity contribution in [3.63, 3.8) is 0 Å². The Bertz CT molecular complexity index is 1190. The molecule has 4 rings (SSSR count). The fourth-order valence-electron chi connectivity index (χ4n) is 3.92. The van der Waals surface area contributed by atoms with Crippen LogP contribution in [-0.4, -0.2) is 31.4 Å². The molecule has 0 aromatic heterocycles. The van der Waals surface area contributed by atoms with Gasteiger partial charge in [0.15, 0.2) is 0 Å². The van der Waals surface area contributed by atoms with E-state index in [-0.39, 0.29) is 17.7 Å². The molecule has 2 N–H and O–H groups in total. The molecule has 0 bridgehead atoms. The van der Waals surface area contributed by atoms with Gasteiger partial charge in [-0.05, 0) is 66.9 Å². The maximum absolute atomic E-state index is 12.9. The van der Waals surface area contributed by atoms with E-state index in [2.05, 4.69) is 10.6 Å². The second-order valence-electron chi connectivity index (χ2n) is 8.08. The summed E-state index contributed by atoms with van der Waals surface area (Å²) >= 11 is 0. The Morgan fingerprint density at radius 3 is 2.50 bits per heavy atom. The van der Waals surface area contributed by atoms with E-state index in [0.717, 1.165) is 30.6 Å². The number of para-hydroxylation sites is 1. The number of ether oxygens (including phenoxy) is 1. The first-order valence-corrected chi connectivity index (χ1v) is 11.3. The Labute approximate surface area is 198 Å². The molecular weight excluding hydrogens is 430 g/mol. The number of hydrogen-bond donors (Lipinski definition) is 2. The van der Waals surface area contributed by atoms with E-state index in [1.54, 1.807) is 60.5 Å². The molecule has 7 nitrogen and oxygen atoms in total. The van der Waals surface area contributed by atoms with Crippen molar-refractivity contribution in [1.29, 1.82) is 0 Å². The predicted octanol–water partition coefficient (Wildman–Crippen LogP) is 4.39. The maximum atomic E-state index is 12.9. The number of benzene rings is 3. The summed E-state index contributed by atoms with van der Waals surface area (Å²) < 4.78 is 5.12. The van der Waals surface area contributed by atoms with Gasteiger partial charge in [0, 0.05) is 30.8 Å². The third-order valence-electron chi connectivity index (χ3n) is 5.77. The van der Waals surface area contributed by atoms with Crippen molar-refractivity contribution in [3.05, 3.63) is 89.5 Å². The number of amides is 3. The second-order valence-corrected chi connectivity index (χ2v) is 8.08. The summed E-state index contributed by atoms with van der Waals surface area (Å²) in [6.07, 6.45) is 2.49. The highest BCUT2D eigenvalue weighted by atomic mass is 16.5. The van der Waals surface area contributed by atoms with Gasteiger partial charge in [-0.25, -0.2) is 0 Å². The minimum absolute atomic E-state index is 0.133. The van der Waals surface area contributed by atoms with Crippen LogP contribution in [0.4, 0.5) is 11.4 Å². The van der Waals surface area contributed by atoms with Gasteiger partial charge in [0.1, 0.15) is 5.75 Å². The van der Waals surface area contributed by atoms with Crippen LogP contribution in [0.15, 0.2) is 72.8 Å². The normalized spacial score (nSPS) is 13.3. The highest BCUT2D eigenvalue weighted by Gasteiger charge is 2.20. The Morgan fingerprint density at radius 1 is 0.941 bits per heavy atom. The summed E-state index contributed by atoms with van der Waals surface area (Å²) in [5, 5.41) is 5.73. The van der Waals surface area contributed by atoms with Gasteiger partial charge in [0.05, 0.1) is 18.4 Å². The first-order valence-electron chi connectivity index (χ1n) is 11.3. The van der Waals surface area contributed by atoms with Gasteiger partial charge in [0.2, 0.25) is 5.91 Å². The van der Waals surface area contributed by atoms with Crippen molar-refractivity contribution in [1.82, 2.24) is 5.32 Å². The average molecular weight is 458 g/mol. The first-order chi connectivity index (χ1) is 16.5. The number of methoxy groups -OCH3 is 1. The van der Waals surface area contributed by atoms with Gasteiger partial charge < -0.3 is 20.3 Å². The molecule has 1 aliphatic heterocycles. The summed E-state index contributed by atoms with van der Waals surface area (Å²) in [5.41, 5.74) is 2.99. The van der Waals surface area contributed by atoms with Crippen LogP contribution >= 0.6 is 0 Å². The molecule has 174 valence electrons. The molecule has 3 amide bonds. The lowest BCUT2D eigenvalue weighted by molar-refractivity contribution is -0.119. The zero-order valence-electron chi connectivity index (χ0n) is 19.0. The highest BCUT2D eigenvalue weighted by Crippen LogP contribution is 2.22. The van der Waals surface area contributed by atoms with Gasteiger partial charge in [0.25, 0.3) is 11.8 Å². The van der Waals surface area contributed by atoms with Crippen LogP contribution in [0.5, 0.6) is 5.75 Å². The number of carbonyl (C=O) groups excluding carboxylic acids is 3. The van der Waals surface area contributed by atoms with E-state index in [1.165, 1.54) is 0 Å². The maximum Gasteiger partial charge on any atom is 0.255 e. The molecule has 1 aliphatic rings. The van der Waals surface area contributed by atoms with Gasteiger partial charge in [-0.2, -0.15) is 0 Å². The lowest BCUT2D eigenvalue weighted by Crippen LogP contribution is -2.35. The fourth-order valence-corrected chi connectivity index (χ4v) is 3.92. The van der Waals surface area contributed by atoms with Crippen LogP contribution in [-0.2, 0) is 11.3 Å². The van der Waals surface area contributed by atoms with Crippen LogP contribution in [0.2, 0.25) is 0 Å². The van der Waals surface area contributed by atoms with Crippen LogP contribution < -0.4 is 20.3 Å². The molecule has 34 heavy (non-hydrogen) atoms. The van der Waals surface area contributed by atoms with E-state index in [9.17, 15) is 14.4 Å². The number of piperidine rings is 1. The molecule has 0 spiro atoms. The summed E-state index contributed by atoms with van der Waals surface area (Å²) in [5.74, 6) is 0.172. The molecule has 7 heteroatoms. The van der Waals surface area contributed by atoms with Crippen molar-refractivity contribution < 1.29 is 19.1 Å². The Morgan fingerprint density at radius 2 is 1.74 bits per heavy atom. The standard InChI is InChI=1S/C27H27N3O4/c1-34-22-14-12-20(13-15-22)26(32)29-24-10-3-2-9-23(24)27(33)28-18-19-7-6-8-21(17-19)30-16-5-4-11-25(30)31/h2-3,6-10,12-15,17H,4-5,11,16,18H2,1H3,(H,28,33)(H,29,32). The summed E-state index contributed by atoms with van der Waals surface area (Å²) in [6, 6.07) is 21.3. The molecule has 0 aliphatic carbocycles. The molecule has 1 heterocycles. The van der Waals surface area contributed by atoms with Gasteiger partial charge >= 0.3 is 0 Å². The van der Waals surface area contributed by atoms with E-state index in [0.29, 0.717) is 35.5 Å². The van der Waals surface area contributed by atoms with E-state index < -0.39 is 0 Å². The van der Waals surface area contributed by atoms with Crippen LogP contribution in [0.25, 0.3) is 0 Å². The molecule has 0 radical (unpaired) electrons. The first kappa shape index (κ1) is 23.0. The summed E-state index contributed by atoms with van der Waals surface area (Å²) in [7, 11) is 1.56. The van der Waals surface area contributed by atoms with Gasteiger partial charge in [-0.3, -0.25) is 14.4 Å². The highest BCUT2D eigenvalue weighted by molar-refractivity contribution is 6.09. The van der Waals surface area contributed by atoms with Crippen molar-refractivity contribution in [2.24, 2.45) is 0 Å². The number of nitrogens with one attached hydrogen (secondary N) is 2. The average Bonchev–Trinajstić information content (AvgIpc) is 2.88. The summed E-state index contributed by atoms with van der Waals surface area (Å²) in [4.78, 5) is 39.6. The molecule has 1 fully saturated rings. The molecule has 3 aromatic carbocycles. The van der Waals surface area contributed by atoms with Crippen LogP contribution in [0, 0.1) is 0 Å². The largest absolute Gasteiger partial charge is 0.497 e. The Kier molecular flexibility index (Phi) is 7.22. The monoisotopic (exact) mass is 457 g/mol. The smallest absolute Gasteiger partial charge is 0.255 e. The second kappa shape index (κ2) is 10.7. The SMILES string of the molecule is COc1ccc(C(=O)Nc2ccccc2C(=O)NCc2cccc(N3CCCCC3=O)c2)cc1. The lowest BCUT2D eigenvalue weighted by Gasteiger charge is -2.27. The molecule has 1 saturated heterocycles. The number of rotatable bonds is 7. The third kappa shape index (κ3) is 5.43. The van der Waals surface area contributed by atoms with Crippen molar-refractivity contribution in [2.45, 2.75) is 25.8 Å². The Balaban J connectivity index is 1.42. The minimum Gasteiger partial charge on any atom is -0.497 e. The van der Waals surface area contributed by atoms with Crippen LogP contribution in [0.3, 0.4) is 0 Å². The number of hydrogen-bond acceptors (Lipinski definition) is 4. The summed E-state index contributed by atoms with van der Waals surface area (Å²) in [6.45, 7) is 1.02. The molecule has 3 aromatic rings. The van der Waals surface area contributed by atoms with Crippen molar-refractivity contribution >= 4 is 29.1 Å². The van der Waals surface area contributed by atoms with E-state index in [4.69, 9.17) is 4.74 Å². The van der Waals surface area contributed by atoms with Crippen molar-refractivity contribution in [3.8, 4) is 5.75 Å². The zero-order valence-corrected chi connectivity index (χ0v) is 19.0. The fraction of sp³-hybridized carbons (Fsp3) is 0.222. The minimum atomic E-state index is -0.318. The lowest BCUT2D eigenvalue weighted by atomic mass is 10.1. The molecule has 0 unspecified atom stereocenters. The number of carbonyl (C=O) groups is 3. The van der Waals surface area contributed by atoms with Gasteiger partial charge in [-0.15, -0.1) is 0 Å². The molecule has 0 atom stereocenters. The topological polar surface area (TPSA) is 87.7 Å². The Hall–Kier alpha value is -4.13. The number of nitrogens with zero attached hydrogens (tertiary/aromatic N) is 1. The van der Waals surface area contributed by atoms with Crippen LogP contribution in [0.1, 0.15) is 45.5 Å². The van der Waals surface area contributed by atoms with Gasteiger partial charge in [-0.1, -0.05) is 24.3 Å². The molecule has 0 saturated carbocycles. The van der Waals surface area contributed by atoms with E-state index in [1.807, 2.05) is 24.3 Å². The number of anilines is 2.